The first-order chi connectivity index (χ1) is 19.6. The number of aromatic nitrogens is 1. The monoisotopic (exact) mass is 580 g/mol. The predicted molar refractivity (Wildman–Crippen MR) is 153 cm³/mol. The highest BCUT2D eigenvalue weighted by Gasteiger charge is 2.38. The number of nitrogens with one attached hydrogen (secondary N) is 1. The lowest BCUT2D eigenvalue weighted by molar-refractivity contribution is -0.192. The van der Waals surface area contributed by atoms with Gasteiger partial charge in [-0.05, 0) is 89.9 Å². The van der Waals surface area contributed by atoms with Crippen molar-refractivity contribution in [2.75, 3.05) is 51.8 Å². The zero-order chi connectivity index (χ0) is 29.6. The van der Waals surface area contributed by atoms with Gasteiger partial charge in [0.25, 0.3) is 0 Å². The summed E-state index contributed by atoms with van der Waals surface area (Å²) in [4.78, 5) is 19.1. The van der Waals surface area contributed by atoms with Crippen molar-refractivity contribution in [3.63, 3.8) is 0 Å². The molecule has 228 valence electrons. The Morgan fingerprint density at radius 3 is 2.39 bits per heavy atom. The Bertz CT molecular complexity index is 1180. The minimum absolute atomic E-state index is 0.512. The maximum atomic E-state index is 10.6. The fourth-order valence-electron chi connectivity index (χ4n) is 5.95. The van der Waals surface area contributed by atoms with Crippen LogP contribution in [0.15, 0.2) is 12.1 Å². The van der Waals surface area contributed by atoms with Crippen LogP contribution in [-0.4, -0.2) is 90.6 Å². The lowest BCUT2D eigenvalue weighted by Gasteiger charge is -2.35. The maximum absolute atomic E-state index is 10.6. The smallest absolute Gasteiger partial charge is 0.490 e. The number of likely N-dealkylation sites (tertiary alicyclic amines) is 2. The third kappa shape index (κ3) is 8.16. The first kappa shape index (κ1) is 31.2. The van der Waals surface area contributed by atoms with Crippen molar-refractivity contribution in [1.29, 1.82) is 0 Å². The average molecular weight is 581 g/mol. The molecular weight excluding hydrogens is 537 g/mol. The first-order valence-electron chi connectivity index (χ1n) is 14.8. The highest BCUT2D eigenvalue weighted by molar-refractivity contribution is 5.96. The lowest BCUT2D eigenvalue weighted by Crippen LogP contribution is -2.42. The molecule has 0 unspecified atom stereocenters. The minimum Gasteiger partial charge on any atom is -0.493 e. The largest absolute Gasteiger partial charge is 0.493 e. The second kappa shape index (κ2) is 13.9. The summed E-state index contributed by atoms with van der Waals surface area (Å²) in [5, 5.41) is 12.3. The number of hydrogen-bond acceptors (Lipinski definition) is 7. The highest BCUT2D eigenvalue weighted by atomic mass is 19.4. The molecule has 1 aromatic carbocycles. The second-order valence-electron chi connectivity index (χ2n) is 11.4. The number of nitrogens with zero attached hydrogens (tertiary/aromatic N) is 3. The number of benzene rings is 1. The molecule has 1 aromatic heterocycles. The van der Waals surface area contributed by atoms with E-state index >= 15 is 0 Å². The van der Waals surface area contributed by atoms with E-state index in [1.54, 1.807) is 7.11 Å². The van der Waals surface area contributed by atoms with Gasteiger partial charge < -0.3 is 29.7 Å². The molecule has 41 heavy (non-hydrogen) atoms. The molecule has 8 nitrogen and oxygen atoms in total. The Labute approximate surface area is 240 Å². The van der Waals surface area contributed by atoms with Crippen LogP contribution < -0.4 is 14.8 Å². The van der Waals surface area contributed by atoms with Gasteiger partial charge in [-0.25, -0.2) is 4.79 Å². The molecule has 3 heterocycles. The van der Waals surface area contributed by atoms with E-state index in [2.05, 4.69) is 41.1 Å². The van der Waals surface area contributed by atoms with E-state index in [0.29, 0.717) is 18.7 Å². The molecule has 0 amide bonds. The van der Waals surface area contributed by atoms with E-state index in [0.717, 1.165) is 42.8 Å². The third-order valence-corrected chi connectivity index (χ3v) is 8.22. The standard InChI is InChI=1S/C28H42N4O2.C2HF3O2/c1-20(2)32-15-10-21(11-16-32)29-28-22-8-6-9-24(22)30-25-19-27(26(33-3)18-23(25)28)34-17-7-14-31-12-4-5-13-31;3-2(4,5)1(6)7/h18-21H,4-17H2,1-3H3,(H,29,30);(H,6,7). The number of fused-ring (bicyclic) bond motifs is 2. The number of alkyl halides is 3. The van der Waals surface area contributed by atoms with Crippen molar-refractivity contribution in [1.82, 2.24) is 14.8 Å². The fraction of sp³-hybridized carbons (Fsp3) is 0.667. The summed E-state index contributed by atoms with van der Waals surface area (Å²) in [6.45, 7) is 11.2. The number of halogens is 3. The minimum atomic E-state index is -5.08. The molecule has 1 aliphatic carbocycles. The zero-order valence-corrected chi connectivity index (χ0v) is 24.4. The molecule has 2 aromatic rings. The number of carboxylic acid groups (broad SMARTS) is 1. The van der Waals surface area contributed by atoms with Crippen LogP contribution in [0.5, 0.6) is 11.5 Å². The van der Waals surface area contributed by atoms with E-state index in [-0.39, 0.29) is 0 Å². The summed E-state index contributed by atoms with van der Waals surface area (Å²) in [7, 11) is 1.74. The third-order valence-electron chi connectivity index (χ3n) is 8.22. The van der Waals surface area contributed by atoms with Crippen LogP contribution in [0.4, 0.5) is 18.9 Å². The van der Waals surface area contributed by atoms with Crippen LogP contribution in [0.3, 0.4) is 0 Å². The molecule has 0 spiro atoms. The van der Waals surface area contributed by atoms with Gasteiger partial charge in [0.05, 0.1) is 19.2 Å². The Morgan fingerprint density at radius 1 is 1.10 bits per heavy atom. The molecular formula is C30H43F3N4O4. The summed E-state index contributed by atoms with van der Waals surface area (Å²) in [5.74, 6) is -1.13. The quantitative estimate of drug-likeness (QED) is 0.376. The summed E-state index contributed by atoms with van der Waals surface area (Å²) >= 11 is 0. The van der Waals surface area contributed by atoms with Gasteiger partial charge in [-0.1, -0.05) is 0 Å². The van der Waals surface area contributed by atoms with Crippen LogP contribution in [0.2, 0.25) is 0 Å². The molecule has 0 saturated carbocycles. The molecule has 2 saturated heterocycles. The maximum Gasteiger partial charge on any atom is 0.490 e. The lowest BCUT2D eigenvalue weighted by atomic mass is 10.0. The summed E-state index contributed by atoms with van der Waals surface area (Å²) in [5.41, 5.74) is 5.00. The fourth-order valence-corrected chi connectivity index (χ4v) is 5.95. The van der Waals surface area contributed by atoms with Gasteiger partial charge in [0.1, 0.15) is 0 Å². The molecule has 0 radical (unpaired) electrons. The number of rotatable bonds is 9. The van der Waals surface area contributed by atoms with Crippen LogP contribution in [0, 0.1) is 0 Å². The van der Waals surface area contributed by atoms with Crippen molar-refractivity contribution >= 4 is 22.6 Å². The van der Waals surface area contributed by atoms with Gasteiger partial charge in [-0.15, -0.1) is 0 Å². The van der Waals surface area contributed by atoms with Gasteiger partial charge in [-0.2, -0.15) is 13.2 Å². The molecule has 0 bridgehead atoms. The number of methoxy groups -OCH3 is 1. The Balaban J connectivity index is 0.000000493. The topological polar surface area (TPSA) is 87.2 Å². The van der Waals surface area contributed by atoms with Gasteiger partial charge in [0.2, 0.25) is 0 Å². The highest BCUT2D eigenvalue weighted by Crippen LogP contribution is 2.40. The van der Waals surface area contributed by atoms with Gasteiger partial charge >= 0.3 is 12.1 Å². The van der Waals surface area contributed by atoms with Crippen LogP contribution >= 0.6 is 0 Å². The Hall–Kier alpha value is -2.79. The Kier molecular flexibility index (Phi) is 10.6. The van der Waals surface area contributed by atoms with Gasteiger partial charge in [-0.3, -0.25) is 4.98 Å². The van der Waals surface area contributed by atoms with Crippen molar-refractivity contribution in [3.05, 3.63) is 23.4 Å². The SMILES string of the molecule is COc1cc2c(NC3CCN(C(C)C)CC3)c3c(nc2cc1OCCCN1CCCC1)CCC3.O=C(O)C(F)(F)F. The van der Waals surface area contributed by atoms with Gasteiger partial charge in [0.15, 0.2) is 11.5 Å². The number of ether oxygens (including phenoxy) is 2. The number of piperidine rings is 1. The molecule has 2 N–H and O–H groups in total. The van der Waals surface area contributed by atoms with Crippen molar-refractivity contribution < 1.29 is 32.5 Å². The molecule has 5 rings (SSSR count). The second-order valence-corrected chi connectivity index (χ2v) is 11.4. The van der Waals surface area contributed by atoms with Crippen LogP contribution in [0.25, 0.3) is 10.9 Å². The van der Waals surface area contributed by atoms with Crippen molar-refractivity contribution in [3.8, 4) is 11.5 Å². The average Bonchev–Trinajstić information content (AvgIpc) is 3.63. The van der Waals surface area contributed by atoms with E-state index < -0.39 is 12.1 Å². The van der Waals surface area contributed by atoms with Crippen molar-refractivity contribution in [2.45, 2.75) is 83.5 Å². The zero-order valence-electron chi connectivity index (χ0n) is 24.4. The number of pyridine rings is 1. The van der Waals surface area contributed by atoms with E-state index in [1.165, 1.54) is 80.6 Å². The summed E-state index contributed by atoms with van der Waals surface area (Å²) in [6.07, 6.45) is 4.38. The predicted octanol–water partition coefficient (Wildman–Crippen LogP) is 5.51. The number of hydrogen-bond donors (Lipinski definition) is 2. The summed E-state index contributed by atoms with van der Waals surface area (Å²) < 4.78 is 43.7. The number of carboxylic acids is 1. The Morgan fingerprint density at radius 2 is 1.78 bits per heavy atom. The van der Waals surface area contributed by atoms with E-state index in [4.69, 9.17) is 24.4 Å². The van der Waals surface area contributed by atoms with E-state index in [1.807, 2.05) is 0 Å². The molecule has 3 aliphatic rings. The number of anilines is 1. The number of carbonyl (C=O) groups is 1. The van der Waals surface area contributed by atoms with E-state index in [9.17, 15) is 13.2 Å². The van der Waals surface area contributed by atoms with Crippen LogP contribution in [-0.2, 0) is 17.6 Å². The number of aryl methyl sites for hydroxylation is 1. The number of aliphatic carboxylic acids is 1. The van der Waals surface area contributed by atoms with Crippen LogP contribution in [0.1, 0.15) is 63.6 Å². The molecule has 0 atom stereocenters. The first-order valence-corrected chi connectivity index (χ1v) is 14.8. The van der Waals surface area contributed by atoms with Crippen molar-refractivity contribution in [2.24, 2.45) is 0 Å². The van der Waals surface area contributed by atoms with Gasteiger partial charge in [0, 0.05) is 54.6 Å². The molecule has 11 heteroatoms. The molecule has 2 aliphatic heterocycles. The normalized spacial score (nSPS) is 18.3. The summed E-state index contributed by atoms with van der Waals surface area (Å²) in [6, 6.07) is 5.40. The molecule has 2 fully saturated rings.